The molecule has 0 fully saturated rings. The van der Waals surface area contributed by atoms with Gasteiger partial charge in [0.2, 0.25) is 0 Å². The van der Waals surface area contributed by atoms with Gasteiger partial charge in [-0.1, -0.05) is 41.6 Å². The number of aryl methyl sites for hydroxylation is 2. The van der Waals surface area contributed by atoms with Gasteiger partial charge < -0.3 is 5.11 Å². The van der Waals surface area contributed by atoms with Crippen molar-refractivity contribution >= 4 is 11.8 Å². The van der Waals surface area contributed by atoms with Crippen LogP contribution in [-0.2, 0) is 0 Å². The van der Waals surface area contributed by atoms with E-state index in [9.17, 15) is 9.50 Å². The van der Waals surface area contributed by atoms with E-state index in [1.54, 1.807) is 18.5 Å². The van der Waals surface area contributed by atoms with Crippen molar-refractivity contribution in [1.82, 2.24) is 14.8 Å². The van der Waals surface area contributed by atoms with Crippen LogP contribution in [0.1, 0.15) is 22.8 Å². The number of aliphatic hydroxyl groups is 1. The largest absolute Gasteiger partial charge is 0.388 e. The second kappa shape index (κ2) is 7.15. The van der Waals surface area contributed by atoms with E-state index in [1.807, 2.05) is 23.6 Å². The fourth-order valence-corrected chi connectivity index (χ4v) is 3.39. The summed E-state index contributed by atoms with van der Waals surface area (Å²) < 4.78 is 14.9. The van der Waals surface area contributed by atoms with Gasteiger partial charge in [0, 0.05) is 5.75 Å². The zero-order valence-electron chi connectivity index (χ0n) is 13.5. The normalized spacial score (nSPS) is 12.3. The van der Waals surface area contributed by atoms with Crippen LogP contribution in [0.15, 0.2) is 53.9 Å². The van der Waals surface area contributed by atoms with E-state index in [4.69, 9.17) is 0 Å². The number of halogens is 1. The number of hydrogen-bond acceptors (Lipinski definition) is 4. The van der Waals surface area contributed by atoms with Crippen LogP contribution in [0.4, 0.5) is 4.39 Å². The molecule has 24 heavy (non-hydrogen) atoms. The molecular formula is C18H18FN3OS. The minimum atomic E-state index is -0.695. The van der Waals surface area contributed by atoms with Gasteiger partial charge >= 0.3 is 0 Å². The highest BCUT2D eigenvalue weighted by Crippen LogP contribution is 2.26. The predicted molar refractivity (Wildman–Crippen MR) is 92.9 cm³/mol. The Morgan fingerprint density at radius 2 is 1.92 bits per heavy atom. The van der Waals surface area contributed by atoms with E-state index >= 15 is 0 Å². The third-order valence-electron chi connectivity index (χ3n) is 3.75. The summed E-state index contributed by atoms with van der Waals surface area (Å²) in [5.41, 5.74) is 4.03. The minimum absolute atomic E-state index is 0.312. The molecule has 6 heteroatoms. The molecule has 0 saturated carbocycles. The highest BCUT2D eigenvalue weighted by Gasteiger charge is 2.13. The molecule has 0 spiro atoms. The minimum Gasteiger partial charge on any atom is -0.388 e. The van der Waals surface area contributed by atoms with Crippen molar-refractivity contribution in [2.24, 2.45) is 0 Å². The van der Waals surface area contributed by atoms with Crippen LogP contribution in [0.3, 0.4) is 0 Å². The van der Waals surface area contributed by atoms with Crippen LogP contribution in [-0.4, -0.2) is 25.6 Å². The molecule has 1 unspecified atom stereocenters. The van der Waals surface area contributed by atoms with Crippen molar-refractivity contribution in [2.45, 2.75) is 25.1 Å². The maximum absolute atomic E-state index is 13.0. The summed E-state index contributed by atoms with van der Waals surface area (Å²) in [7, 11) is 0. The van der Waals surface area contributed by atoms with Crippen molar-refractivity contribution in [2.75, 3.05) is 5.75 Å². The van der Waals surface area contributed by atoms with Crippen molar-refractivity contribution in [3.8, 4) is 5.69 Å². The molecule has 0 radical (unpaired) electrons. The first-order chi connectivity index (χ1) is 11.5. The van der Waals surface area contributed by atoms with Crippen molar-refractivity contribution in [3.63, 3.8) is 0 Å². The number of aliphatic hydroxyl groups excluding tert-OH is 1. The van der Waals surface area contributed by atoms with Gasteiger partial charge in [-0.2, -0.15) is 0 Å². The van der Waals surface area contributed by atoms with Gasteiger partial charge in [0.05, 0.1) is 11.8 Å². The third kappa shape index (κ3) is 3.66. The smallest absolute Gasteiger partial charge is 0.195 e. The molecule has 0 saturated heterocycles. The Balaban J connectivity index is 1.75. The van der Waals surface area contributed by atoms with E-state index < -0.39 is 6.10 Å². The first-order valence-electron chi connectivity index (χ1n) is 7.58. The van der Waals surface area contributed by atoms with Gasteiger partial charge in [0.1, 0.15) is 12.1 Å². The first-order valence-corrected chi connectivity index (χ1v) is 8.57. The molecule has 1 heterocycles. The predicted octanol–water partition coefficient (Wildman–Crippen LogP) is 3.85. The average Bonchev–Trinajstić information content (AvgIpc) is 3.01. The van der Waals surface area contributed by atoms with E-state index in [0.717, 1.165) is 11.3 Å². The van der Waals surface area contributed by atoms with Crippen molar-refractivity contribution in [3.05, 3.63) is 71.3 Å². The van der Waals surface area contributed by atoms with Gasteiger partial charge in [-0.05, 0) is 43.2 Å². The lowest BCUT2D eigenvalue weighted by Gasteiger charge is -2.12. The number of thioether (sulfide) groups is 1. The fourth-order valence-electron chi connectivity index (χ4n) is 2.50. The quantitative estimate of drug-likeness (QED) is 0.715. The second-order valence-electron chi connectivity index (χ2n) is 5.65. The maximum Gasteiger partial charge on any atom is 0.195 e. The maximum atomic E-state index is 13.0. The molecule has 0 amide bonds. The Kier molecular flexibility index (Phi) is 4.97. The van der Waals surface area contributed by atoms with Crippen LogP contribution in [0, 0.1) is 19.7 Å². The summed E-state index contributed by atoms with van der Waals surface area (Å²) in [5.74, 6) is 0.100. The number of benzene rings is 2. The van der Waals surface area contributed by atoms with E-state index in [1.165, 1.54) is 29.5 Å². The Morgan fingerprint density at radius 3 is 2.62 bits per heavy atom. The zero-order chi connectivity index (χ0) is 17.1. The number of rotatable bonds is 5. The van der Waals surface area contributed by atoms with Crippen LogP contribution in [0.2, 0.25) is 0 Å². The molecule has 0 aliphatic rings. The van der Waals surface area contributed by atoms with Gasteiger partial charge in [-0.15, -0.1) is 10.2 Å². The van der Waals surface area contributed by atoms with Crippen LogP contribution >= 0.6 is 11.8 Å². The van der Waals surface area contributed by atoms with Crippen LogP contribution < -0.4 is 0 Å². The SMILES string of the molecule is Cc1ccc(-n2cnnc2SCC(O)c2ccc(F)cc2)c(C)c1. The topological polar surface area (TPSA) is 50.9 Å². The lowest BCUT2D eigenvalue weighted by molar-refractivity contribution is 0.204. The molecule has 0 aliphatic heterocycles. The van der Waals surface area contributed by atoms with Crippen LogP contribution in [0.25, 0.3) is 5.69 Å². The van der Waals surface area contributed by atoms with E-state index in [2.05, 4.69) is 23.2 Å². The van der Waals surface area contributed by atoms with Gasteiger partial charge in [0.25, 0.3) is 0 Å². The molecule has 1 aromatic heterocycles. The molecule has 4 nitrogen and oxygen atoms in total. The summed E-state index contributed by atoms with van der Waals surface area (Å²) in [5, 5.41) is 19.1. The summed E-state index contributed by atoms with van der Waals surface area (Å²) in [4.78, 5) is 0. The lowest BCUT2D eigenvalue weighted by Crippen LogP contribution is -2.03. The molecule has 0 bridgehead atoms. The Morgan fingerprint density at radius 1 is 1.17 bits per heavy atom. The lowest BCUT2D eigenvalue weighted by atomic mass is 10.1. The number of aromatic nitrogens is 3. The summed E-state index contributed by atoms with van der Waals surface area (Å²) >= 11 is 1.41. The Bertz CT molecular complexity index is 833. The molecule has 1 atom stereocenters. The summed E-state index contributed by atoms with van der Waals surface area (Å²) in [6.07, 6.45) is 0.976. The van der Waals surface area contributed by atoms with Crippen molar-refractivity contribution < 1.29 is 9.50 Å². The molecule has 1 N–H and O–H groups in total. The average molecular weight is 343 g/mol. The first kappa shape index (κ1) is 16.7. The monoisotopic (exact) mass is 343 g/mol. The van der Waals surface area contributed by atoms with Crippen molar-refractivity contribution in [1.29, 1.82) is 0 Å². The van der Waals surface area contributed by atoms with Crippen LogP contribution in [0.5, 0.6) is 0 Å². The highest BCUT2D eigenvalue weighted by atomic mass is 32.2. The summed E-state index contributed by atoms with van der Waals surface area (Å²) in [6.45, 7) is 4.10. The van der Waals surface area contributed by atoms with Gasteiger partial charge in [-0.25, -0.2) is 4.39 Å². The third-order valence-corrected chi connectivity index (χ3v) is 4.77. The Hall–Kier alpha value is -2.18. The second-order valence-corrected chi connectivity index (χ2v) is 6.64. The molecule has 3 rings (SSSR count). The van der Waals surface area contributed by atoms with E-state index in [0.29, 0.717) is 16.5 Å². The zero-order valence-corrected chi connectivity index (χ0v) is 14.3. The highest BCUT2D eigenvalue weighted by molar-refractivity contribution is 7.99. The van der Waals surface area contributed by atoms with Gasteiger partial charge in [-0.3, -0.25) is 4.57 Å². The molecule has 124 valence electrons. The van der Waals surface area contributed by atoms with E-state index in [-0.39, 0.29) is 5.82 Å². The summed E-state index contributed by atoms with van der Waals surface area (Å²) in [6, 6.07) is 12.1. The molecule has 2 aromatic carbocycles. The fraction of sp³-hybridized carbons (Fsp3) is 0.222. The molecule has 0 aliphatic carbocycles. The molecule has 3 aromatic rings. The molecular weight excluding hydrogens is 325 g/mol. The number of hydrogen-bond donors (Lipinski definition) is 1. The van der Waals surface area contributed by atoms with Gasteiger partial charge in [0.15, 0.2) is 5.16 Å². The number of nitrogens with zero attached hydrogens (tertiary/aromatic N) is 3. The standard InChI is InChI=1S/C18H18FN3OS/c1-12-3-8-16(13(2)9-12)22-11-20-21-18(22)24-10-17(23)14-4-6-15(19)7-5-14/h3-9,11,17,23H,10H2,1-2H3. The Labute approximate surface area is 144 Å².